The Balaban J connectivity index is 1.43. The van der Waals surface area contributed by atoms with Gasteiger partial charge < -0.3 is 15.2 Å². The summed E-state index contributed by atoms with van der Waals surface area (Å²) < 4.78 is 46.7. The monoisotopic (exact) mass is 507 g/mol. The van der Waals surface area contributed by atoms with E-state index in [2.05, 4.69) is 14.9 Å². The molecule has 8 nitrogen and oxygen atoms in total. The maximum atomic E-state index is 13.1. The molecule has 0 spiro atoms. The normalized spacial score (nSPS) is 14.3. The Morgan fingerprint density at radius 2 is 1.74 bits per heavy atom. The van der Waals surface area contributed by atoms with Crippen molar-refractivity contribution >= 4 is 23.2 Å². The van der Waals surface area contributed by atoms with Crippen molar-refractivity contribution in [3.05, 3.63) is 65.3 Å². The van der Waals surface area contributed by atoms with E-state index in [-0.39, 0.29) is 34.1 Å². The lowest BCUT2D eigenvalue weighted by Crippen LogP contribution is -2.43. The van der Waals surface area contributed by atoms with Gasteiger partial charge in [0.25, 0.3) is 5.91 Å². The molecule has 0 atom stereocenters. The number of hydrazine groups is 1. The van der Waals surface area contributed by atoms with Crippen LogP contribution < -0.4 is 21.1 Å². The first-order valence-corrected chi connectivity index (χ1v) is 10.9. The van der Waals surface area contributed by atoms with Crippen LogP contribution in [0.3, 0.4) is 0 Å². The standard InChI is InChI=1S/C23H21ClF3N5O3/c24-19-7-8-20(31-30-19)34-13-22(9-10-22)12-32(29)21(33)17-11-15(3-6-18(17)28)14-1-4-16(5-2-14)35-23(25,26)27/h1-8,11H,9-10,12-13,28-29H2. The van der Waals surface area contributed by atoms with E-state index in [4.69, 9.17) is 27.9 Å². The van der Waals surface area contributed by atoms with Crippen LogP contribution in [0.1, 0.15) is 23.2 Å². The van der Waals surface area contributed by atoms with E-state index in [0.29, 0.717) is 23.6 Å². The molecule has 1 fully saturated rings. The minimum absolute atomic E-state index is 0.181. The van der Waals surface area contributed by atoms with Crippen LogP contribution in [-0.2, 0) is 0 Å². The van der Waals surface area contributed by atoms with Crippen LogP contribution in [0.5, 0.6) is 11.6 Å². The van der Waals surface area contributed by atoms with E-state index in [1.807, 2.05) is 0 Å². The number of nitrogens with two attached hydrogens (primary N) is 2. The zero-order valence-corrected chi connectivity index (χ0v) is 19.0. The first-order valence-electron chi connectivity index (χ1n) is 10.5. The summed E-state index contributed by atoms with van der Waals surface area (Å²) in [7, 11) is 0. The lowest BCUT2D eigenvalue weighted by Gasteiger charge is -2.24. The number of rotatable bonds is 8. The first-order chi connectivity index (χ1) is 16.5. The van der Waals surface area contributed by atoms with Crippen molar-refractivity contribution in [3.8, 4) is 22.8 Å². The molecule has 35 heavy (non-hydrogen) atoms. The Hall–Kier alpha value is -3.57. The van der Waals surface area contributed by atoms with E-state index in [9.17, 15) is 18.0 Å². The largest absolute Gasteiger partial charge is 0.573 e. The van der Waals surface area contributed by atoms with Crippen LogP contribution in [0.2, 0.25) is 5.15 Å². The minimum Gasteiger partial charge on any atom is -0.476 e. The fourth-order valence-corrected chi connectivity index (χ4v) is 3.59. The van der Waals surface area contributed by atoms with Crippen molar-refractivity contribution in [2.24, 2.45) is 11.3 Å². The average Bonchev–Trinajstić information content (AvgIpc) is 3.57. The van der Waals surface area contributed by atoms with Crippen molar-refractivity contribution in [2.45, 2.75) is 19.2 Å². The maximum absolute atomic E-state index is 13.1. The Kier molecular flexibility index (Phi) is 6.73. The van der Waals surface area contributed by atoms with E-state index in [0.717, 1.165) is 17.9 Å². The third-order valence-electron chi connectivity index (χ3n) is 5.56. The highest BCUT2D eigenvalue weighted by Crippen LogP contribution is 2.46. The van der Waals surface area contributed by atoms with Gasteiger partial charge in [0.2, 0.25) is 5.88 Å². The van der Waals surface area contributed by atoms with Crippen molar-refractivity contribution in [1.82, 2.24) is 15.2 Å². The van der Waals surface area contributed by atoms with Crippen LogP contribution >= 0.6 is 11.6 Å². The van der Waals surface area contributed by atoms with Gasteiger partial charge in [0.1, 0.15) is 5.75 Å². The Morgan fingerprint density at radius 3 is 2.34 bits per heavy atom. The number of carbonyl (C=O) groups is 1. The molecule has 1 aliphatic rings. The third kappa shape index (κ3) is 6.31. The van der Waals surface area contributed by atoms with Crippen molar-refractivity contribution in [3.63, 3.8) is 0 Å². The number of aromatic nitrogens is 2. The van der Waals surface area contributed by atoms with Gasteiger partial charge in [-0.25, -0.2) is 5.84 Å². The number of hydrogen-bond donors (Lipinski definition) is 2. The number of nitrogens with zero attached hydrogens (tertiary/aromatic N) is 3. The molecule has 0 unspecified atom stereocenters. The fraction of sp³-hybridized carbons (Fsp3) is 0.261. The highest BCUT2D eigenvalue weighted by molar-refractivity contribution is 6.29. The van der Waals surface area contributed by atoms with Crippen LogP contribution in [0.15, 0.2) is 54.6 Å². The van der Waals surface area contributed by atoms with E-state index in [1.165, 1.54) is 24.3 Å². The number of hydrogen-bond acceptors (Lipinski definition) is 7. The van der Waals surface area contributed by atoms with E-state index >= 15 is 0 Å². The predicted octanol–water partition coefficient (Wildman–Crippen LogP) is 4.45. The molecule has 0 radical (unpaired) electrons. The van der Waals surface area contributed by atoms with Crippen LogP contribution in [0.4, 0.5) is 18.9 Å². The zero-order valence-electron chi connectivity index (χ0n) is 18.3. The van der Waals surface area contributed by atoms with Gasteiger partial charge >= 0.3 is 6.36 Å². The molecule has 1 amide bonds. The quantitative estimate of drug-likeness (QED) is 0.200. The molecule has 2 aromatic carbocycles. The number of benzene rings is 2. The number of carbonyl (C=O) groups excluding carboxylic acids is 1. The predicted molar refractivity (Wildman–Crippen MR) is 122 cm³/mol. The summed E-state index contributed by atoms with van der Waals surface area (Å²) in [4.78, 5) is 13.1. The van der Waals surface area contributed by atoms with Gasteiger partial charge in [0.15, 0.2) is 5.15 Å². The number of amides is 1. The molecular formula is C23H21ClF3N5O3. The minimum atomic E-state index is -4.78. The topological polar surface area (TPSA) is 117 Å². The molecule has 1 saturated carbocycles. The van der Waals surface area contributed by atoms with Gasteiger partial charge in [0.05, 0.1) is 12.2 Å². The molecule has 0 saturated heterocycles. The zero-order chi connectivity index (χ0) is 25.2. The Morgan fingerprint density at radius 1 is 1.06 bits per heavy atom. The molecule has 184 valence electrons. The first kappa shape index (κ1) is 24.6. The van der Waals surface area contributed by atoms with Gasteiger partial charge in [-0.3, -0.25) is 9.80 Å². The summed E-state index contributed by atoms with van der Waals surface area (Å²) in [6, 6.07) is 13.2. The van der Waals surface area contributed by atoms with Gasteiger partial charge in [0, 0.05) is 23.7 Å². The number of alkyl halides is 3. The Bertz CT molecular complexity index is 1200. The van der Waals surface area contributed by atoms with E-state index in [1.54, 1.807) is 30.3 Å². The summed E-state index contributed by atoms with van der Waals surface area (Å²) in [6.45, 7) is 0.534. The second-order valence-corrected chi connectivity index (χ2v) is 8.68. The number of nitrogen functional groups attached to an aromatic ring is 1. The molecule has 4 rings (SSSR count). The molecule has 1 heterocycles. The van der Waals surface area contributed by atoms with Gasteiger partial charge in [-0.15, -0.1) is 23.4 Å². The Labute approximate surface area is 203 Å². The summed E-state index contributed by atoms with van der Waals surface area (Å²) in [5.74, 6) is 5.59. The summed E-state index contributed by atoms with van der Waals surface area (Å²) in [5.41, 5.74) is 7.28. The maximum Gasteiger partial charge on any atom is 0.573 e. The van der Waals surface area contributed by atoms with Crippen molar-refractivity contribution in [2.75, 3.05) is 18.9 Å². The fourth-order valence-electron chi connectivity index (χ4n) is 3.49. The highest BCUT2D eigenvalue weighted by Gasteiger charge is 2.45. The second-order valence-electron chi connectivity index (χ2n) is 8.29. The van der Waals surface area contributed by atoms with Gasteiger partial charge in [-0.05, 0) is 54.3 Å². The highest BCUT2D eigenvalue weighted by atomic mass is 35.5. The second kappa shape index (κ2) is 9.59. The molecule has 4 N–H and O–H groups in total. The lowest BCUT2D eigenvalue weighted by molar-refractivity contribution is -0.274. The SMILES string of the molecule is Nc1ccc(-c2ccc(OC(F)(F)F)cc2)cc1C(=O)N(N)CC1(COc2ccc(Cl)nn2)CC1. The van der Waals surface area contributed by atoms with Crippen LogP contribution in [-0.4, -0.2) is 40.6 Å². The molecule has 0 bridgehead atoms. The molecule has 1 aliphatic carbocycles. The average molecular weight is 508 g/mol. The van der Waals surface area contributed by atoms with Crippen LogP contribution in [0, 0.1) is 5.41 Å². The molecule has 12 heteroatoms. The van der Waals surface area contributed by atoms with Crippen molar-refractivity contribution in [1.29, 1.82) is 0 Å². The summed E-state index contributed by atoms with van der Waals surface area (Å²) >= 11 is 5.72. The number of halogens is 4. The van der Waals surface area contributed by atoms with Gasteiger partial charge in [-0.1, -0.05) is 29.8 Å². The molecule has 1 aromatic heterocycles. The lowest BCUT2D eigenvalue weighted by atomic mass is 10.0. The number of ether oxygens (including phenoxy) is 2. The summed E-state index contributed by atoms with van der Waals surface area (Å²) in [5, 5.41) is 8.92. The van der Waals surface area contributed by atoms with E-state index < -0.39 is 12.3 Å². The van der Waals surface area contributed by atoms with Crippen molar-refractivity contribution < 1.29 is 27.4 Å². The third-order valence-corrected chi connectivity index (χ3v) is 5.76. The van der Waals surface area contributed by atoms with Gasteiger partial charge in [-0.2, -0.15) is 0 Å². The summed E-state index contributed by atoms with van der Waals surface area (Å²) in [6.07, 6.45) is -3.15. The molecule has 0 aliphatic heterocycles. The van der Waals surface area contributed by atoms with Crippen LogP contribution in [0.25, 0.3) is 11.1 Å². The number of anilines is 1. The molecule has 3 aromatic rings. The molecular weight excluding hydrogens is 487 g/mol. The smallest absolute Gasteiger partial charge is 0.476 e.